The van der Waals surface area contributed by atoms with E-state index in [1.54, 1.807) is 0 Å². The molecule has 0 radical (unpaired) electrons. The van der Waals surface area contributed by atoms with Crippen molar-refractivity contribution in [2.24, 2.45) is 0 Å². The SMILES string of the molecule is CCN(C=O)[C@H](C)CC1(N(C)OCc2ccccc2)CC1. The van der Waals surface area contributed by atoms with E-state index in [4.69, 9.17) is 4.84 Å². The Bertz CT molecular complexity index is 445. The van der Waals surface area contributed by atoms with Crippen molar-refractivity contribution < 1.29 is 9.63 Å². The number of benzene rings is 1. The fourth-order valence-corrected chi connectivity index (χ4v) is 2.83. The summed E-state index contributed by atoms with van der Waals surface area (Å²) in [5, 5.41) is 2.01. The van der Waals surface area contributed by atoms with Gasteiger partial charge < -0.3 is 4.90 Å². The van der Waals surface area contributed by atoms with Crippen LogP contribution in [0.15, 0.2) is 30.3 Å². The van der Waals surface area contributed by atoms with E-state index in [1.165, 1.54) is 5.56 Å². The Labute approximate surface area is 127 Å². The predicted molar refractivity (Wildman–Crippen MR) is 83.5 cm³/mol. The zero-order chi connectivity index (χ0) is 15.3. The van der Waals surface area contributed by atoms with Gasteiger partial charge in [0, 0.05) is 25.2 Å². The minimum atomic E-state index is 0.102. The van der Waals surface area contributed by atoms with Crippen molar-refractivity contribution in [3.63, 3.8) is 0 Å². The number of rotatable bonds is 9. The van der Waals surface area contributed by atoms with Crippen LogP contribution < -0.4 is 0 Å². The molecular formula is C17H26N2O2. The van der Waals surface area contributed by atoms with Crippen LogP contribution >= 0.6 is 0 Å². The Morgan fingerprint density at radius 2 is 2.00 bits per heavy atom. The Morgan fingerprint density at radius 1 is 1.33 bits per heavy atom. The van der Waals surface area contributed by atoms with E-state index in [0.29, 0.717) is 6.61 Å². The number of hydroxylamine groups is 2. The highest BCUT2D eigenvalue weighted by Crippen LogP contribution is 2.45. The van der Waals surface area contributed by atoms with Gasteiger partial charge in [0.2, 0.25) is 6.41 Å². The molecule has 0 bridgehead atoms. The molecule has 1 atom stereocenters. The van der Waals surface area contributed by atoms with E-state index in [2.05, 4.69) is 19.1 Å². The van der Waals surface area contributed by atoms with Crippen molar-refractivity contribution in [3.05, 3.63) is 35.9 Å². The molecule has 1 aliphatic rings. The van der Waals surface area contributed by atoms with Gasteiger partial charge in [-0.3, -0.25) is 9.63 Å². The van der Waals surface area contributed by atoms with Gasteiger partial charge in [0.15, 0.2) is 0 Å². The molecule has 0 unspecified atom stereocenters. The first kappa shape index (κ1) is 16.0. The number of carbonyl (C=O) groups excluding carboxylic acids is 1. The average Bonchev–Trinajstić information content (AvgIpc) is 3.28. The normalized spacial score (nSPS) is 17.5. The zero-order valence-electron chi connectivity index (χ0n) is 13.3. The molecule has 1 amide bonds. The summed E-state index contributed by atoms with van der Waals surface area (Å²) in [6.45, 7) is 5.48. The molecule has 21 heavy (non-hydrogen) atoms. The summed E-state index contributed by atoms with van der Waals surface area (Å²) >= 11 is 0. The third-order valence-corrected chi connectivity index (χ3v) is 4.50. The Hall–Kier alpha value is -1.39. The molecule has 1 aliphatic carbocycles. The van der Waals surface area contributed by atoms with E-state index in [0.717, 1.165) is 32.2 Å². The summed E-state index contributed by atoms with van der Waals surface area (Å²) in [4.78, 5) is 18.8. The van der Waals surface area contributed by atoms with Gasteiger partial charge in [0.05, 0.1) is 6.61 Å². The second-order valence-corrected chi connectivity index (χ2v) is 5.97. The maximum absolute atomic E-state index is 11.0. The third kappa shape index (κ3) is 4.05. The molecule has 2 rings (SSSR count). The lowest BCUT2D eigenvalue weighted by atomic mass is 10.1. The summed E-state index contributed by atoms with van der Waals surface area (Å²) in [5.41, 5.74) is 1.28. The van der Waals surface area contributed by atoms with E-state index in [9.17, 15) is 4.79 Å². The molecule has 0 saturated heterocycles. The van der Waals surface area contributed by atoms with Crippen LogP contribution in [-0.4, -0.2) is 41.5 Å². The highest BCUT2D eigenvalue weighted by Gasteiger charge is 2.48. The Kier molecular flexibility index (Phi) is 5.37. The lowest BCUT2D eigenvalue weighted by Gasteiger charge is -2.32. The summed E-state index contributed by atoms with van der Waals surface area (Å²) < 4.78 is 0. The Balaban J connectivity index is 1.86. The van der Waals surface area contributed by atoms with Crippen LogP contribution in [0.25, 0.3) is 0 Å². The predicted octanol–water partition coefficient (Wildman–Crippen LogP) is 2.84. The summed E-state index contributed by atoms with van der Waals surface area (Å²) in [5.74, 6) is 0. The van der Waals surface area contributed by atoms with E-state index in [1.807, 2.05) is 42.1 Å². The van der Waals surface area contributed by atoms with Gasteiger partial charge in [-0.1, -0.05) is 30.3 Å². The Morgan fingerprint density at radius 3 is 2.52 bits per heavy atom. The topological polar surface area (TPSA) is 32.8 Å². The van der Waals surface area contributed by atoms with Gasteiger partial charge in [0.25, 0.3) is 0 Å². The highest BCUT2D eigenvalue weighted by atomic mass is 16.7. The first-order valence-electron chi connectivity index (χ1n) is 7.73. The van der Waals surface area contributed by atoms with Crippen LogP contribution in [0.3, 0.4) is 0 Å². The maximum atomic E-state index is 11.0. The van der Waals surface area contributed by atoms with Crippen LogP contribution in [0.5, 0.6) is 0 Å². The number of amides is 1. The van der Waals surface area contributed by atoms with Crippen molar-refractivity contribution in [3.8, 4) is 0 Å². The second-order valence-electron chi connectivity index (χ2n) is 5.97. The molecule has 0 spiro atoms. The zero-order valence-corrected chi connectivity index (χ0v) is 13.3. The van der Waals surface area contributed by atoms with Gasteiger partial charge in [-0.05, 0) is 38.7 Å². The molecule has 0 heterocycles. The number of carbonyl (C=O) groups is 1. The van der Waals surface area contributed by atoms with Gasteiger partial charge in [-0.2, -0.15) is 5.06 Å². The molecule has 0 aliphatic heterocycles. The summed E-state index contributed by atoms with van der Waals surface area (Å²) in [6.07, 6.45) is 4.19. The molecule has 116 valence electrons. The largest absolute Gasteiger partial charge is 0.343 e. The minimum Gasteiger partial charge on any atom is -0.343 e. The standard InChI is InChI=1S/C17H26N2O2/c1-4-19(14-20)15(2)12-17(10-11-17)18(3)21-13-16-8-6-5-7-9-16/h5-9,14-15H,4,10-13H2,1-3H3/t15-/m1/s1. The van der Waals surface area contributed by atoms with Crippen molar-refractivity contribution >= 4 is 6.41 Å². The van der Waals surface area contributed by atoms with Crippen LogP contribution in [0.4, 0.5) is 0 Å². The molecule has 0 aromatic heterocycles. The monoisotopic (exact) mass is 290 g/mol. The summed E-state index contributed by atoms with van der Waals surface area (Å²) in [6, 6.07) is 10.4. The minimum absolute atomic E-state index is 0.102. The third-order valence-electron chi connectivity index (χ3n) is 4.50. The van der Waals surface area contributed by atoms with E-state index < -0.39 is 0 Å². The van der Waals surface area contributed by atoms with Gasteiger partial charge in [0.1, 0.15) is 0 Å². The maximum Gasteiger partial charge on any atom is 0.209 e. The summed E-state index contributed by atoms with van der Waals surface area (Å²) in [7, 11) is 2.01. The highest BCUT2D eigenvalue weighted by molar-refractivity contribution is 5.47. The van der Waals surface area contributed by atoms with E-state index in [-0.39, 0.29) is 11.6 Å². The fourth-order valence-electron chi connectivity index (χ4n) is 2.83. The first-order chi connectivity index (χ1) is 10.1. The van der Waals surface area contributed by atoms with Crippen LogP contribution in [0, 0.1) is 0 Å². The van der Waals surface area contributed by atoms with Crippen LogP contribution in [0.2, 0.25) is 0 Å². The molecule has 1 aromatic rings. The average molecular weight is 290 g/mol. The van der Waals surface area contributed by atoms with Crippen molar-refractivity contribution in [1.29, 1.82) is 0 Å². The lowest BCUT2D eigenvalue weighted by Crippen LogP contribution is -2.41. The molecule has 1 fully saturated rings. The van der Waals surface area contributed by atoms with Gasteiger partial charge in [-0.25, -0.2) is 0 Å². The number of hydrogen-bond acceptors (Lipinski definition) is 3. The van der Waals surface area contributed by atoms with Gasteiger partial charge >= 0.3 is 0 Å². The quantitative estimate of drug-likeness (QED) is 0.518. The van der Waals surface area contributed by atoms with Crippen molar-refractivity contribution in [2.45, 2.75) is 51.3 Å². The number of hydrogen-bond donors (Lipinski definition) is 0. The lowest BCUT2D eigenvalue weighted by molar-refractivity contribution is -0.191. The molecule has 1 aromatic carbocycles. The second kappa shape index (κ2) is 7.05. The molecule has 4 nitrogen and oxygen atoms in total. The van der Waals surface area contributed by atoms with Crippen molar-refractivity contribution in [2.75, 3.05) is 13.6 Å². The number of nitrogens with zero attached hydrogens (tertiary/aromatic N) is 2. The molecular weight excluding hydrogens is 264 g/mol. The van der Waals surface area contributed by atoms with Crippen LogP contribution in [0.1, 0.15) is 38.7 Å². The molecule has 4 heteroatoms. The molecule has 0 N–H and O–H groups in total. The fraction of sp³-hybridized carbons (Fsp3) is 0.588. The van der Waals surface area contributed by atoms with Gasteiger partial charge in [-0.15, -0.1) is 0 Å². The van der Waals surface area contributed by atoms with E-state index >= 15 is 0 Å². The van der Waals surface area contributed by atoms with Crippen LogP contribution in [-0.2, 0) is 16.2 Å². The first-order valence-corrected chi connectivity index (χ1v) is 7.73. The van der Waals surface area contributed by atoms with Crippen molar-refractivity contribution in [1.82, 2.24) is 9.96 Å². The molecule has 1 saturated carbocycles. The smallest absolute Gasteiger partial charge is 0.209 e.